The van der Waals surface area contributed by atoms with Crippen LogP contribution in [0.25, 0.3) is 0 Å². The van der Waals surface area contributed by atoms with Gasteiger partial charge in [0.2, 0.25) is 0 Å². The molecule has 1 radical (unpaired) electrons. The van der Waals surface area contributed by atoms with E-state index in [0.717, 1.165) is 0 Å². The van der Waals surface area contributed by atoms with Crippen molar-refractivity contribution in [3.63, 3.8) is 0 Å². The Morgan fingerprint density at radius 3 is 2.90 bits per heavy atom. The van der Waals surface area contributed by atoms with Crippen molar-refractivity contribution >= 4 is 21.6 Å². The van der Waals surface area contributed by atoms with Gasteiger partial charge in [-0.2, -0.15) is 0 Å². The summed E-state index contributed by atoms with van der Waals surface area (Å²) < 4.78 is 0.581. The van der Waals surface area contributed by atoms with Crippen LogP contribution >= 0.6 is 15.9 Å². The largest absolute Gasteiger partial charge is 0.298 e. The molecule has 0 aliphatic heterocycles. The van der Waals surface area contributed by atoms with Crippen LogP contribution in [0, 0.1) is 16.3 Å². The SMILES string of the molecule is O=[N+]([O-])c1[c]ncc(Br)c1. The van der Waals surface area contributed by atoms with Crippen LogP contribution in [0.3, 0.4) is 0 Å². The van der Waals surface area contributed by atoms with E-state index in [9.17, 15) is 10.1 Å². The Hall–Kier alpha value is -0.970. The number of halogens is 1. The number of hydrogen-bond donors (Lipinski definition) is 0. The molecule has 51 valence electrons. The van der Waals surface area contributed by atoms with Gasteiger partial charge in [0.15, 0.2) is 6.20 Å². The quantitative estimate of drug-likeness (QED) is 0.512. The van der Waals surface area contributed by atoms with Crippen LogP contribution in [0.15, 0.2) is 16.7 Å². The molecule has 0 saturated carbocycles. The molecule has 4 nitrogen and oxygen atoms in total. The van der Waals surface area contributed by atoms with E-state index in [0.29, 0.717) is 4.47 Å². The van der Waals surface area contributed by atoms with Gasteiger partial charge in [0, 0.05) is 16.7 Å². The van der Waals surface area contributed by atoms with Gasteiger partial charge in [0.05, 0.1) is 4.92 Å². The van der Waals surface area contributed by atoms with Crippen LogP contribution in [0.5, 0.6) is 0 Å². The lowest BCUT2D eigenvalue weighted by Crippen LogP contribution is -1.88. The highest BCUT2D eigenvalue weighted by Crippen LogP contribution is 2.14. The van der Waals surface area contributed by atoms with Crippen LogP contribution in [0.4, 0.5) is 5.69 Å². The molecule has 0 amide bonds. The number of aromatic nitrogens is 1. The van der Waals surface area contributed by atoms with Gasteiger partial charge in [-0.25, -0.2) is 4.98 Å². The van der Waals surface area contributed by atoms with Crippen LogP contribution in [0.2, 0.25) is 0 Å². The third kappa shape index (κ3) is 1.51. The monoisotopic (exact) mass is 201 g/mol. The molecule has 1 rings (SSSR count). The molecule has 1 aromatic rings. The van der Waals surface area contributed by atoms with Gasteiger partial charge >= 0.3 is 0 Å². The molecular weight excluding hydrogens is 200 g/mol. The van der Waals surface area contributed by atoms with Crippen LogP contribution < -0.4 is 0 Å². The van der Waals surface area contributed by atoms with E-state index in [4.69, 9.17) is 0 Å². The van der Waals surface area contributed by atoms with E-state index < -0.39 is 4.92 Å². The van der Waals surface area contributed by atoms with Gasteiger partial charge in [-0.1, -0.05) is 0 Å². The van der Waals surface area contributed by atoms with E-state index in [-0.39, 0.29) is 5.69 Å². The van der Waals surface area contributed by atoms with Crippen molar-refractivity contribution in [2.75, 3.05) is 0 Å². The first-order chi connectivity index (χ1) is 4.70. The number of rotatable bonds is 1. The Morgan fingerprint density at radius 1 is 1.80 bits per heavy atom. The lowest BCUT2D eigenvalue weighted by molar-refractivity contribution is -0.385. The summed E-state index contributed by atoms with van der Waals surface area (Å²) in [4.78, 5) is 13.0. The molecule has 1 heterocycles. The van der Waals surface area contributed by atoms with Crippen molar-refractivity contribution in [2.24, 2.45) is 0 Å². The highest BCUT2D eigenvalue weighted by Gasteiger charge is 2.04. The van der Waals surface area contributed by atoms with E-state index >= 15 is 0 Å². The third-order valence-corrected chi connectivity index (χ3v) is 1.27. The zero-order valence-electron chi connectivity index (χ0n) is 4.74. The highest BCUT2D eigenvalue weighted by atomic mass is 79.9. The van der Waals surface area contributed by atoms with E-state index in [2.05, 4.69) is 27.1 Å². The first-order valence-corrected chi connectivity index (χ1v) is 3.17. The van der Waals surface area contributed by atoms with Gasteiger partial charge in [0.1, 0.15) is 0 Å². The van der Waals surface area contributed by atoms with Gasteiger partial charge in [0.25, 0.3) is 5.69 Å². The summed E-state index contributed by atoms with van der Waals surface area (Å²) in [6.45, 7) is 0. The van der Waals surface area contributed by atoms with Crippen molar-refractivity contribution in [3.05, 3.63) is 33.0 Å². The fourth-order valence-electron chi connectivity index (χ4n) is 0.454. The fourth-order valence-corrected chi connectivity index (χ4v) is 0.773. The second kappa shape index (κ2) is 2.74. The predicted molar refractivity (Wildman–Crippen MR) is 37.4 cm³/mol. The zero-order valence-corrected chi connectivity index (χ0v) is 6.33. The summed E-state index contributed by atoms with van der Waals surface area (Å²) in [6, 6.07) is 1.34. The lowest BCUT2D eigenvalue weighted by atomic mass is 10.4. The third-order valence-electron chi connectivity index (χ3n) is 0.838. The predicted octanol–water partition coefficient (Wildman–Crippen LogP) is 1.55. The number of nitrogens with zero attached hydrogens (tertiary/aromatic N) is 2. The standard InChI is InChI=1S/C5H2BrN2O2/c6-4-1-5(8(9)10)3-7-2-4/h1-2H. The minimum atomic E-state index is -0.544. The summed E-state index contributed by atoms with van der Waals surface area (Å²) in [5.74, 6) is 0. The normalized spacial score (nSPS) is 9.30. The van der Waals surface area contributed by atoms with Gasteiger partial charge in [-0.05, 0) is 15.9 Å². The Morgan fingerprint density at radius 2 is 2.50 bits per heavy atom. The molecule has 0 unspecified atom stereocenters. The average molecular weight is 202 g/mol. The average Bonchev–Trinajstić information content (AvgIpc) is 1.88. The van der Waals surface area contributed by atoms with Crippen molar-refractivity contribution in [1.82, 2.24) is 4.98 Å². The molecule has 0 aromatic carbocycles. The molecule has 0 atom stereocenters. The Balaban J connectivity index is 3.07. The molecule has 0 bridgehead atoms. The minimum absolute atomic E-state index is 0.130. The second-order valence-electron chi connectivity index (χ2n) is 1.54. The van der Waals surface area contributed by atoms with E-state index in [1.54, 1.807) is 0 Å². The molecule has 5 heteroatoms. The molecule has 0 N–H and O–H groups in total. The smallest absolute Gasteiger partial charge is 0.258 e. The molecule has 0 aliphatic rings. The van der Waals surface area contributed by atoms with E-state index in [1.807, 2.05) is 0 Å². The van der Waals surface area contributed by atoms with Crippen LogP contribution in [0.1, 0.15) is 0 Å². The maximum absolute atomic E-state index is 10.1. The van der Waals surface area contributed by atoms with Crippen LogP contribution in [-0.2, 0) is 0 Å². The second-order valence-corrected chi connectivity index (χ2v) is 2.46. The Kier molecular flexibility index (Phi) is 1.96. The van der Waals surface area contributed by atoms with Crippen LogP contribution in [-0.4, -0.2) is 9.91 Å². The van der Waals surface area contributed by atoms with Gasteiger partial charge < -0.3 is 0 Å². The van der Waals surface area contributed by atoms with E-state index in [1.165, 1.54) is 12.3 Å². The summed E-state index contributed by atoms with van der Waals surface area (Å²) in [5, 5.41) is 10.1. The minimum Gasteiger partial charge on any atom is -0.258 e. The van der Waals surface area contributed by atoms with Gasteiger partial charge in [-0.3, -0.25) is 10.1 Å². The summed E-state index contributed by atoms with van der Waals surface area (Å²) in [5.41, 5.74) is -0.130. The first-order valence-electron chi connectivity index (χ1n) is 2.38. The number of nitro groups is 1. The number of hydrogen-bond acceptors (Lipinski definition) is 3. The maximum Gasteiger partial charge on any atom is 0.298 e. The van der Waals surface area contributed by atoms with Crippen molar-refractivity contribution < 1.29 is 4.92 Å². The molecule has 0 fully saturated rings. The van der Waals surface area contributed by atoms with Crippen molar-refractivity contribution in [2.45, 2.75) is 0 Å². The zero-order chi connectivity index (χ0) is 7.56. The lowest BCUT2D eigenvalue weighted by Gasteiger charge is -1.87. The van der Waals surface area contributed by atoms with Crippen molar-refractivity contribution in [1.29, 1.82) is 0 Å². The van der Waals surface area contributed by atoms with Crippen molar-refractivity contribution in [3.8, 4) is 0 Å². The molecule has 1 aromatic heterocycles. The first kappa shape index (κ1) is 7.14. The summed E-state index contributed by atoms with van der Waals surface area (Å²) in [7, 11) is 0. The topological polar surface area (TPSA) is 56.0 Å². The number of pyridine rings is 1. The fraction of sp³-hybridized carbons (Fsp3) is 0. The Labute approximate surface area is 65.2 Å². The highest BCUT2D eigenvalue weighted by molar-refractivity contribution is 9.10. The Bertz CT molecular complexity index is 264. The maximum atomic E-state index is 10.1. The summed E-state index contributed by atoms with van der Waals surface area (Å²) in [6.07, 6.45) is 3.67. The molecule has 10 heavy (non-hydrogen) atoms. The summed E-state index contributed by atoms with van der Waals surface area (Å²) >= 11 is 3.04. The van der Waals surface area contributed by atoms with Gasteiger partial charge in [-0.15, -0.1) is 0 Å². The molecular formula is C5H2BrN2O2. The molecule has 0 aliphatic carbocycles. The molecule has 0 saturated heterocycles. The molecule has 0 spiro atoms.